The Balaban J connectivity index is 1.57. The van der Waals surface area contributed by atoms with Crippen molar-refractivity contribution in [1.29, 1.82) is 0 Å². The second-order valence-electron chi connectivity index (χ2n) is 7.34. The Morgan fingerprint density at radius 2 is 2.00 bits per heavy atom. The first-order valence-electron chi connectivity index (χ1n) is 9.20. The Morgan fingerprint density at radius 3 is 2.63 bits per heavy atom. The molecular weight excluding hydrogens is 385 g/mol. The molecule has 0 spiro atoms. The van der Waals surface area contributed by atoms with Crippen molar-refractivity contribution < 1.29 is 17.7 Å². The number of hydrogen-bond donors (Lipinski definition) is 1. The fraction of sp³-hybridized carbons (Fsp3) is 0.526. The Bertz CT molecular complexity index is 894. The van der Waals surface area contributed by atoms with Crippen LogP contribution in [0.25, 0.3) is 0 Å². The summed E-state index contributed by atoms with van der Waals surface area (Å²) in [6.07, 6.45) is 0.654. The number of nitrogens with one attached hydrogen (secondary N) is 1. The van der Waals surface area contributed by atoms with E-state index in [1.807, 2.05) is 30.7 Å². The molecule has 1 aromatic carbocycles. The third-order valence-corrected chi connectivity index (χ3v) is 7.88. The van der Waals surface area contributed by atoms with Gasteiger partial charge >= 0.3 is 0 Å². The molecule has 1 saturated heterocycles. The van der Waals surface area contributed by atoms with E-state index < -0.39 is 9.84 Å². The summed E-state index contributed by atoms with van der Waals surface area (Å²) in [6.45, 7) is 5.88. The van der Waals surface area contributed by atoms with Crippen molar-refractivity contribution in [3.8, 4) is 0 Å². The van der Waals surface area contributed by atoms with Crippen LogP contribution in [-0.4, -0.2) is 49.0 Å². The molecule has 3 rings (SSSR count). The van der Waals surface area contributed by atoms with Gasteiger partial charge in [0.15, 0.2) is 9.84 Å². The highest BCUT2D eigenvalue weighted by atomic mass is 32.2. The van der Waals surface area contributed by atoms with Crippen LogP contribution >= 0.6 is 11.8 Å². The van der Waals surface area contributed by atoms with E-state index in [4.69, 9.17) is 0 Å². The fourth-order valence-electron chi connectivity index (χ4n) is 3.54. The van der Waals surface area contributed by atoms with Gasteiger partial charge in [-0.3, -0.25) is 4.68 Å². The minimum atomic E-state index is -2.92. The standard InChI is InChI=1S/C19H26FN3O2S2/c1-14-19(15(2)23(21-14)17-8-11-27(24,25)13-17)12-22(3)9-10-26-18-6-4-16(20)5-7-18/h4-7,17H,8-13H2,1-3H3/p+1/t17-/m1/s1. The predicted octanol–water partition coefficient (Wildman–Crippen LogP) is 1.81. The molecule has 2 atom stereocenters. The van der Waals surface area contributed by atoms with Gasteiger partial charge in [0, 0.05) is 16.3 Å². The van der Waals surface area contributed by atoms with E-state index in [1.54, 1.807) is 11.8 Å². The highest BCUT2D eigenvalue weighted by molar-refractivity contribution is 7.99. The number of aromatic nitrogens is 2. The van der Waals surface area contributed by atoms with E-state index in [1.165, 1.54) is 22.6 Å². The Labute approximate surface area is 164 Å². The summed E-state index contributed by atoms with van der Waals surface area (Å²) in [5.41, 5.74) is 3.28. The first-order chi connectivity index (χ1) is 12.7. The van der Waals surface area contributed by atoms with Crippen molar-refractivity contribution in [2.75, 3.05) is 30.9 Å². The molecule has 0 saturated carbocycles. The van der Waals surface area contributed by atoms with Crippen molar-refractivity contribution in [3.05, 3.63) is 47.0 Å². The Kier molecular flexibility index (Phi) is 6.28. The van der Waals surface area contributed by atoms with Gasteiger partial charge in [-0.2, -0.15) is 5.10 Å². The summed E-state index contributed by atoms with van der Waals surface area (Å²) >= 11 is 1.73. The number of quaternary nitrogens is 1. The molecule has 1 aliphatic heterocycles. The highest BCUT2D eigenvalue weighted by Crippen LogP contribution is 2.26. The van der Waals surface area contributed by atoms with Gasteiger partial charge in [-0.15, -0.1) is 11.8 Å². The van der Waals surface area contributed by atoms with Crippen molar-refractivity contribution in [2.24, 2.45) is 0 Å². The molecule has 2 aromatic rings. The van der Waals surface area contributed by atoms with Gasteiger partial charge in [-0.05, 0) is 44.5 Å². The lowest BCUT2D eigenvalue weighted by molar-refractivity contribution is -0.891. The van der Waals surface area contributed by atoms with E-state index in [-0.39, 0.29) is 23.4 Å². The molecule has 1 N–H and O–H groups in total. The topological polar surface area (TPSA) is 56.4 Å². The van der Waals surface area contributed by atoms with Gasteiger partial charge in [0.05, 0.1) is 42.4 Å². The molecule has 1 unspecified atom stereocenters. The maximum atomic E-state index is 13.0. The number of hydrogen-bond acceptors (Lipinski definition) is 4. The van der Waals surface area contributed by atoms with Gasteiger partial charge in [0.25, 0.3) is 0 Å². The quantitative estimate of drug-likeness (QED) is 0.705. The van der Waals surface area contributed by atoms with Crippen LogP contribution in [0.4, 0.5) is 4.39 Å². The molecule has 1 fully saturated rings. The van der Waals surface area contributed by atoms with E-state index in [0.29, 0.717) is 6.42 Å². The Morgan fingerprint density at radius 1 is 1.30 bits per heavy atom. The summed E-state index contributed by atoms with van der Waals surface area (Å²) < 4.78 is 38.4. The molecule has 0 bridgehead atoms. The third kappa shape index (κ3) is 5.12. The van der Waals surface area contributed by atoms with Gasteiger partial charge in [-0.1, -0.05) is 0 Å². The molecule has 2 heterocycles. The number of aryl methyl sites for hydroxylation is 1. The molecule has 0 aliphatic carbocycles. The van der Waals surface area contributed by atoms with E-state index in [0.717, 1.165) is 35.1 Å². The lowest BCUT2D eigenvalue weighted by Gasteiger charge is -2.15. The first-order valence-corrected chi connectivity index (χ1v) is 12.0. The zero-order valence-electron chi connectivity index (χ0n) is 16.0. The molecule has 27 heavy (non-hydrogen) atoms. The minimum absolute atomic E-state index is 0.0308. The second kappa shape index (κ2) is 8.32. The summed E-state index contributed by atoms with van der Waals surface area (Å²) in [5.74, 6) is 1.20. The van der Waals surface area contributed by atoms with Gasteiger partial charge in [0.2, 0.25) is 0 Å². The summed E-state index contributed by atoms with van der Waals surface area (Å²) in [4.78, 5) is 2.45. The molecule has 5 nitrogen and oxygen atoms in total. The van der Waals surface area contributed by atoms with Crippen LogP contribution in [0.3, 0.4) is 0 Å². The zero-order chi connectivity index (χ0) is 19.6. The maximum absolute atomic E-state index is 13.0. The van der Waals surface area contributed by atoms with Crippen LogP contribution in [0, 0.1) is 19.7 Å². The SMILES string of the molecule is Cc1nn([C@@H]2CCS(=O)(=O)C2)c(C)c1C[NH+](C)CCSc1ccc(F)cc1. The molecule has 0 radical (unpaired) electrons. The van der Waals surface area contributed by atoms with E-state index in [2.05, 4.69) is 12.1 Å². The molecule has 1 aliphatic rings. The molecular formula is C19H27FN3O2S2+. The van der Waals surface area contributed by atoms with Crippen LogP contribution in [0.1, 0.15) is 29.4 Å². The summed E-state index contributed by atoms with van der Waals surface area (Å²) in [7, 11) is -0.766. The number of benzene rings is 1. The van der Waals surface area contributed by atoms with E-state index >= 15 is 0 Å². The first kappa shape index (κ1) is 20.4. The van der Waals surface area contributed by atoms with Crippen molar-refractivity contribution in [1.82, 2.24) is 9.78 Å². The summed E-state index contributed by atoms with van der Waals surface area (Å²) in [6, 6.07) is 6.57. The minimum Gasteiger partial charge on any atom is -0.333 e. The van der Waals surface area contributed by atoms with Crippen LogP contribution in [-0.2, 0) is 16.4 Å². The van der Waals surface area contributed by atoms with Crippen LogP contribution in [0.15, 0.2) is 29.2 Å². The molecule has 148 valence electrons. The smallest absolute Gasteiger partial charge is 0.152 e. The maximum Gasteiger partial charge on any atom is 0.152 e. The van der Waals surface area contributed by atoms with Crippen LogP contribution < -0.4 is 4.90 Å². The number of halogens is 1. The van der Waals surface area contributed by atoms with Gasteiger partial charge in [0.1, 0.15) is 12.4 Å². The molecule has 8 heteroatoms. The molecule has 0 amide bonds. The molecule has 1 aromatic heterocycles. The average molecular weight is 413 g/mol. The average Bonchev–Trinajstić information content (AvgIpc) is 3.10. The number of sulfone groups is 1. The normalized spacial score (nSPS) is 20.1. The van der Waals surface area contributed by atoms with E-state index in [9.17, 15) is 12.8 Å². The summed E-state index contributed by atoms with van der Waals surface area (Å²) in [5, 5.41) is 4.65. The van der Waals surface area contributed by atoms with Crippen LogP contribution in [0.5, 0.6) is 0 Å². The number of rotatable bonds is 7. The van der Waals surface area contributed by atoms with Crippen LogP contribution in [0.2, 0.25) is 0 Å². The monoisotopic (exact) mass is 412 g/mol. The lowest BCUT2D eigenvalue weighted by atomic mass is 10.1. The largest absolute Gasteiger partial charge is 0.333 e. The van der Waals surface area contributed by atoms with Gasteiger partial charge in [-0.25, -0.2) is 12.8 Å². The fourth-order valence-corrected chi connectivity index (χ4v) is 6.25. The van der Waals surface area contributed by atoms with Crippen molar-refractivity contribution >= 4 is 21.6 Å². The van der Waals surface area contributed by atoms with Crippen molar-refractivity contribution in [2.45, 2.75) is 37.8 Å². The lowest BCUT2D eigenvalue weighted by Crippen LogP contribution is -3.08. The zero-order valence-corrected chi connectivity index (χ0v) is 17.7. The van der Waals surface area contributed by atoms with Crippen molar-refractivity contribution in [3.63, 3.8) is 0 Å². The Hall–Kier alpha value is -1.38. The predicted molar refractivity (Wildman–Crippen MR) is 107 cm³/mol. The number of thioether (sulfide) groups is 1. The second-order valence-corrected chi connectivity index (χ2v) is 10.7. The number of nitrogens with zero attached hydrogens (tertiary/aromatic N) is 2. The third-order valence-electron chi connectivity index (χ3n) is 5.12. The van der Waals surface area contributed by atoms with Gasteiger partial charge < -0.3 is 4.90 Å². The highest BCUT2D eigenvalue weighted by Gasteiger charge is 2.31.